The highest BCUT2D eigenvalue weighted by Crippen LogP contribution is 2.52. The number of aliphatic hydroxyl groups excluding tert-OH is 3. The maximum atomic E-state index is 11.4. The van der Waals surface area contributed by atoms with Gasteiger partial charge in [0.15, 0.2) is 12.4 Å². The lowest BCUT2D eigenvalue weighted by Gasteiger charge is -2.53. The SMILES string of the molecule is CC1=CC2C(C(C)C)CCC(C)(OC3OC(C(=O)O)C(O)C(O)C3O)C2CC1. The number of aliphatic hydroxyl groups is 3. The number of rotatable bonds is 4. The fourth-order valence-corrected chi connectivity index (χ4v) is 5.41. The zero-order chi connectivity index (χ0) is 20.8. The van der Waals surface area contributed by atoms with Crippen LogP contribution in [0.15, 0.2) is 11.6 Å². The van der Waals surface area contributed by atoms with Gasteiger partial charge in [-0.3, -0.25) is 0 Å². The first-order chi connectivity index (χ1) is 13.0. The first-order valence-electron chi connectivity index (χ1n) is 10.3. The van der Waals surface area contributed by atoms with E-state index in [-0.39, 0.29) is 5.92 Å². The van der Waals surface area contributed by atoms with Crippen molar-refractivity contribution in [2.45, 2.75) is 89.7 Å². The molecule has 7 heteroatoms. The van der Waals surface area contributed by atoms with E-state index < -0.39 is 42.3 Å². The van der Waals surface area contributed by atoms with Crippen LogP contribution >= 0.6 is 0 Å². The van der Waals surface area contributed by atoms with Crippen molar-refractivity contribution >= 4 is 5.97 Å². The molecule has 0 aromatic carbocycles. The van der Waals surface area contributed by atoms with Crippen LogP contribution < -0.4 is 0 Å². The third kappa shape index (κ3) is 3.87. The van der Waals surface area contributed by atoms with E-state index in [1.165, 1.54) is 5.57 Å². The molecule has 1 saturated heterocycles. The van der Waals surface area contributed by atoms with E-state index in [9.17, 15) is 25.2 Å². The van der Waals surface area contributed by atoms with Crippen LogP contribution in [-0.4, -0.2) is 62.7 Å². The Labute approximate surface area is 166 Å². The van der Waals surface area contributed by atoms with Gasteiger partial charge in [0.2, 0.25) is 0 Å². The van der Waals surface area contributed by atoms with Crippen molar-refractivity contribution in [1.82, 2.24) is 0 Å². The summed E-state index contributed by atoms with van der Waals surface area (Å²) in [5.41, 5.74) is 0.777. The normalized spacial score (nSPS) is 46.8. The lowest BCUT2D eigenvalue weighted by Crippen LogP contribution is -2.63. The molecule has 0 radical (unpaired) electrons. The molecule has 0 bridgehead atoms. The van der Waals surface area contributed by atoms with E-state index in [1.807, 2.05) is 6.92 Å². The molecule has 9 unspecified atom stereocenters. The van der Waals surface area contributed by atoms with Crippen molar-refractivity contribution in [1.29, 1.82) is 0 Å². The summed E-state index contributed by atoms with van der Waals surface area (Å²) in [6.45, 7) is 8.64. The van der Waals surface area contributed by atoms with Crippen molar-refractivity contribution in [3.8, 4) is 0 Å². The number of allylic oxidation sites excluding steroid dienone is 2. The molecule has 4 N–H and O–H groups in total. The molecule has 9 atom stereocenters. The molecule has 2 fully saturated rings. The van der Waals surface area contributed by atoms with Gasteiger partial charge >= 0.3 is 5.97 Å². The molecule has 1 saturated carbocycles. The highest BCUT2D eigenvalue weighted by Gasteiger charge is 2.53. The van der Waals surface area contributed by atoms with Crippen LogP contribution in [0, 0.1) is 23.7 Å². The van der Waals surface area contributed by atoms with Crippen molar-refractivity contribution in [3.63, 3.8) is 0 Å². The molecule has 0 spiro atoms. The van der Waals surface area contributed by atoms with E-state index in [2.05, 4.69) is 26.8 Å². The van der Waals surface area contributed by atoms with Gasteiger partial charge in [0.05, 0.1) is 5.60 Å². The first kappa shape index (κ1) is 21.7. The maximum Gasteiger partial charge on any atom is 0.335 e. The summed E-state index contributed by atoms with van der Waals surface area (Å²) in [4.78, 5) is 11.4. The summed E-state index contributed by atoms with van der Waals surface area (Å²) in [5.74, 6) is 0.284. The van der Waals surface area contributed by atoms with Gasteiger partial charge in [-0.05, 0) is 63.2 Å². The predicted molar refractivity (Wildman–Crippen MR) is 101 cm³/mol. The van der Waals surface area contributed by atoms with Crippen molar-refractivity contribution in [2.75, 3.05) is 0 Å². The van der Waals surface area contributed by atoms with Gasteiger partial charge in [-0.1, -0.05) is 25.5 Å². The number of ether oxygens (including phenoxy) is 2. The molecule has 0 amide bonds. The zero-order valence-electron chi connectivity index (χ0n) is 17.1. The summed E-state index contributed by atoms with van der Waals surface area (Å²) >= 11 is 0. The van der Waals surface area contributed by atoms with Gasteiger partial charge in [0.25, 0.3) is 0 Å². The van der Waals surface area contributed by atoms with E-state index in [1.54, 1.807) is 0 Å². The molecule has 28 heavy (non-hydrogen) atoms. The Kier molecular flexibility index (Phi) is 6.23. The molecule has 2 aliphatic carbocycles. The van der Waals surface area contributed by atoms with Crippen molar-refractivity contribution in [2.24, 2.45) is 23.7 Å². The number of hydrogen-bond donors (Lipinski definition) is 4. The van der Waals surface area contributed by atoms with Crippen LogP contribution in [0.4, 0.5) is 0 Å². The lowest BCUT2D eigenvalue weighted by atomic mass is 9.58. The zero-order valence-corrected chi connectivity index (χ0v) is 17.1. The summed E-state index contributed by atoms with van der Waals surface area (Å²) in [6.07, 6.45) is -1.75. The smallest absolute Gasteiger partial charge is 0.335 e. The molecule has 0 aromatic rings. The van der Waals surface area contributed by atoms with Gasteiger partial charge in [-0.2, -0.15) is 0 Å². The quantitative estimate of drug-likeness (QED) is 0.533. The Morgan fingerprint density at radius 1 is 1.21 bits per heavy atom. The number of carbonyl (C=O) groups is 1. The summed E-state index contributed by atoms with van der Waals surface area (Å²) in [7, 11) is 0. The van der Waals surface area contributed by atoms with Gasteiger partial charge in [-0.25, -0.2) is 4.79 Å². The third-order valence-electron chi connectivity index (χ3n) is 7.10. The van der Waals surface area contributed by atoms with Crippen LogP contribution in [-0.2, 0) is 14.3 Å². The highest BCUT2D eigenvalue weighted by molar-refractivity contribution is 5.73. The Hall–Kier alpha value is -0.990. The Bertz CT molecular complexity index is 618. The van der Waals surface area contributed by atoms with Gasteiger partial charge in [0, 0.05) is 0 Å². The van der Waals surface area contributed by atoms with Gasteiger partial charge in [-0.15, -0.1) is 0 Å². The minimum Gasteiger partial charge on any atom is -0.479 e. The Morgan fingerprint density at radius 2 is 1.89 bits per heavy atom. The standard InChI is InChI=1S/C21H34O7/c1-10(2)12-7-8-21(4,14-6-5-11(3)9-13(12)14)28-20-17(24)15(22)16(23)18(27-20)19(25)26/h9-10,12-18,20,22-24H,5-8H2,1-4H3,(H,25,26). The number of hydrogen-bond acceptors (Lipinski definition) is 6. The van der Waals surface area contributed by atoms with Gasteiger partial charge < -0.3 is 29.9 Å². The highest BCUT2D eigenvalue weighted by atomic mass is 16.7. The largest absolute Gasteiger partial charge is 0.479 e. The first-order valence-corrected chi connectivity index (χ1v) is 10.3. The van der Waals surface area contributed by atoms with Crippen LogP contribution in [0.1, 0.15) is 53.4 Å². The third-order valence-corrected chi connectivity index (χ3v) is 7.10. The second-order valence-corrected chi connectivity index (χ2v) is 9.35. The predicted octanol–water partition coefficient (Wildman–Crippen LogP) is 1.69. The maximum absolute atomic E-state index is 11.4. The number of carboxylic acids is 1. The molecule has 3 rings (SSSR count). The molecular formula is C21H34O7. The molecule has 7 nitrogen and oxygen atoms in total. The summed E-state index contributed by atoms with van der Waals surface area (Å²) < 4.78 is 11.6. The van der Waals surface area contributed by atoms with Crippen LogP contribution in [0.25, 0.3) is 0 Å². The van der Waals surface area contributed by atoms with Crippen molar-refractivity contribution in [3.05, 3.63) is 11.6 Å². The number of fused-ring (bicyclic) bond motifs is 1. The minimum atomic E-state index is -1.70. The van der Waals surface area contributed by atoms with Crippen molar-refractivity contribution < 1.29 is 34.7 Å². The summed E-state index contributed by atoms with van der Waals surface area (Å²) in [6, 6.07) is 0. The summed E-state index contributed by atoms with van der Waals surface area (Å²) in [5, 5.41) is 39.6. The molecule has 1 aliphatic heterocycles. The fraction of sp³-hybridized carbons (Fsp3) is 0.857. The fourth-order valence-electron chi connectivity index (χ4n) is 5.41. The van der Waals surface area contributed by atoms with E-state index >= 15 is 0 Å². The second kappa shape index (κ2) is 8.03. The number of aliphatic carboxylic acids is 1. The van der Waals surface area contributed by atoms with E-state index in [0.717, 1.165) is 25.7 Å². The molecule has 3 aliphatic rings. The van der Waals surface area contributed by atoms with Crippen LogP contribution in [0.3, 0.4) is 0 Å². The van der Waals surface area contributed by atoms with Gasteiger partial charge in [0.1, 0.15) is 18.3 Å². The molecule has 0 aromatic heterocycles. The lowest BCUT2D eigenvalue weighted by molar-refractivity contribution is -0.330. The minimum absolute atomic E-state index is 0.223. The van der Waals surface area contributed by atoms with Crippen LogP contribution in [0.5, 0.6) is 0 Å². The molecule has 160 valence electrons. The molecular weight excluding hydrogens is 364 g/mol. The Balaban J connectivity index is 1.83. The van der Waals surface area contributed by atoms with E-state index in [4.69, 9.17) is 9.47 Å². The van der Waals surface area contributed by atoms with E-state index in [0.29, 0.717) is 17.8 Å². The topological polar surface area (TPSA) is 116 Å². The second-order valence-electron chi connectivity index (χ2n) is 9.35. The molecule has 1 heterocycles. The average molecular weight is 398 g/mol. The monoisotopic (exact) mass is 398 g/mol. The number of carboxylic acid groups (broad SMARTS) is 1. The Morgan fingerprint density at radius 3 is 2.50 bits per heavy atom. The van der Waals surface area contributed by atoms with Crippen LogP contribution in [0.2, 0.25) is 0 Å². The average Bonchev–Trinajstić information content (AvgIpc) is 2.61.